The van der Waals surface area contributed by atoms with Crippen molar-refractivity contribution in [3.05, 3.63) is 28.7 Å². The highest BCUT2D eigenvalue weighted by atomic mass is 16.4. The summed E-state index contributed by atoms with van der Waals surface area (Å²) in [7, 11) is 0. The van der Waals surface area contributed by atoms with Gasteiger partial charge in [0, 0.05) is 23.9 Å². The maximum atomic E-state index is 10.7. The molecule has 5 nitrogen and oxygen atoms in total. The Kier molecular flexibility index (Phi) is 3.83. The Bertz CT molecular complexity index is 617. The van der Waals surface area contributed by atoms with E-state index < -0.39 is 5.97 Å². The SMILES string of the molecule is CCCc1cc2nc(C)c(CCC(=O)O)c(C)n2n1. The zero-order valence-electron chi connectivity index (χ0n) is 11.6. The third-order valence-electron chi connectivity index (χ3n) is 3.31. The van der Waals surface area contributed by atoms with Crippen molar-refractivity contribution in [2.24, 2.45) is 0 Å². The molecule has 0 aliphatic carbocycles. The number of hydrogen-bond acceptors (Lipinski definition) is 3. The first kappa shape index (κ1) is 13.5. The molecule has 0 aromatic carbocycles. The molecule has 0 saturated heterocycles. The Morgan fingerprint density at radius 1 is 1.37 bits per heavy atom. The predicted molar refractivity (Wildman–Crippen MR) is 72.4 cm³/mol. The summed E-state index contributed by atoms with van der Waals surface area (Å²) in [6.07, 6.45) is 2.61. The van der Waals surface area contributed by atoms with E-state index in [-0.39, 0.29) is 6.42 Å². The molecule has 1 N–H and O–H groups in total. The van der Waals surface area contributed by atoms with Gasteiger partial charge in [-0.2, -0.15) is 5.10 Å². The fourth-order valence-corrected chi connectivity index (χ4v) is 2.35. The van der Waals surface area contributed by atoms with Crippen molar-refractivity contribution in [1.82, 2.24) is 14.6 Å². The maximum Gasteiger partial charge on any atom is 0.303 e. The van der Waals surface area contributed by atoms with Crippen molar-refractivity contribution in [2.45, 2.75) is 46.5 Å². The van der Waals surface area contributed by atoms with Gasteiger partial charge in [-0.1, -0.05) is 13.3 Å². The molecule has 2 rings (SSSR count). The molecule has 0 radical (unpaired) electrons. The monoisotopic (exact) mass is 261 g/mol. The van der Waals surface area contributed by atoms with E-state index in [2.05, 4.69) is 17.0 Å². The van der Waals surface area contributed by atoms with Crippen LogP contribution in [0, 0.1) is 13.8 Å². The summed E-state index contributed by atoms with van der Waals surface area (Å²) in [6, 6.07) is 2.00. The summed E-state index contributed by atoms with van der Waals surface area (Å²) in [4.78, 5) is 15.2. The van der Waals surface area contributed by atoms with E-state index in [0.717, 1.165) is 41.1 Å². The first-order chi connectivity index (χ1) is 9.02. The Hall–Kier alpha value is -1.91. The second kappa shape index (κ2) is 5.38. The number of hydrogen-bond donors (Lipinski definition) is 1. The van der Waals surface area contributed by atoms with Crippen LogP contribution < -0.4 is 0 Å². The van der Waals surface area contributed by atoms with Crippen molar-refractivity contribution in [3.63, 3.8) is 0 Å². The Morgan fingerprint density at radius 2 is 2.11 bits per heavy atom. The van der Waals surface area contributed by atoms with Crippen molar-refractivity contribution in [1.29, 1.82) is 0 Å². The van der Waals surface area contributed by atoms with Gasteiger partial charge >= 0.3 is 5.97 Å². The topological polar surface area (TPSA) is 67.5 Å². The molecular formula is C14H19N3O2. The highest BCUT2D eigenvalue weighted by molar-refractivity contribution is 5.67. The second-order valence-electron chi connectivity index (χ2n) is 4.81. The molecule has 2 heterocycles. The molecule has 0 saturated carbocycles. The van der Waals surface area contributed by atoms with Crippen molar-refractivity contribution < 1.29 is 9.90 Å². The van der Waals surface area contributed by atoms with E-state index in [0.29, 0.717) is 6.42 Å². The Morgan fingerprint density at radius 3 is 2.74 bits per heavy atom. The minimum Gasteiger partial charge on any atom is -0.481 e. The van der Waals surface area contributed by atoms with Crippen molar-refractivity contribution in [3.8, 4) is 0 Å². The number of nitrogens with zero attached hydrogens (tertiary/aromatic N) is 3. The van der Waals surface area contributed by atoms with Crippen LogP contribution in [-0.4, -0.2) is 25.7 Å². The number of carboxylic acids is 1. The molecule has 0 aliphatic rings. The summed E-state index contributed by atoms with van der Waals surface area (Å²) in [6.45, 7) is 6.02. The molecule has 0 fully saturated rings. The largest absolute Gasteiger partial charge is 0.481 e. The summed E-state index contributed by atoms with van der Waals surface area (Å²) >= 11 is 0. The molecule has 19 heavy (non-hydrogen) atoms. The van der Waals surface area contributed by atoms with Crippen LogP contribution in [0.2, 0.25) is 0 Å². The minimum atomic E-state index is -0.786. The van der Waals surface area contributed by atoms with Crippen LogP contribution in [0.15, 0.2) is 6.07 Å². The van der Waals surface area contributed by atoms with E-state index in [4.69, 9.17) is 5.11 Å². The minimum absolute atomic E-state index is 0.123. The number of carboxylic acid groups (broad SMARTS) is 1. The summed E-state index contributed by atoms with van der Waals surface area (Å²) in [5.41, 5.74) is 4.76. The molecule has 2 aromatic heterocycles. The van der Waals surface area contributed by atoms with Gasteiger partial charge in [0.2, 0.25) is 0 Å². The van der Waals surface area contributed by atoms with Crippen LogP contribution in [0.4, 0.5) is 0 Å². The van der Waals surface area contributed by atoms with E-state index in [1.54, 1.807) is 0 Å². The average Bonchev–Trinajstić information content (AvgIpc) is 2.71. The van der Waals surface area contributed by atoms with Gasteiger partial charge in [0.1, 0.15) is 0 Å². The van der Waals surface area contributed by atoms with Crippen LogP contribution in [0.3, 0.4) is 0 Å². The van der Waals surface area contributed by atoms with Gasteiger partial charge in [-0.15, -0.1) is 0 Å². The van der Waals surface area contributed by atoms with Gasteiger partial charge in [-0.3, -0.25) is 4.79 Å². The Labute approximate surface area is 112 Å². The third-order valence-corrected chi connectivity index (χ3v) is 3.31. The first-order valence-electron chi connectivity index (χ1n) is 6.59. The zero-order chi connectivity index (χ0) is 14.0. The lowest BCUT2D eigenvalue weighted by atomic mass is 10.1. The smallest absolute Gasteiger partial charge is 0.303 e. The molecule has 0 unspecified atom stereocenters. The van der Waals surface area contributed by atoms with Crippen LogP contribution in [-0.2, 0) is 17.6 Å². The van der Waals surface area contributed by atoms with E-state index >= 15 is 0 Å². The van der Waals surface area contributed by atoms with Gasteiger partial charge in [-0.25, -0.2) is 9.50 Å². The van der Waals surface area contributed by atoms with Gasteiger partial charge in [0.15, 0.2) is 5.65 Å². The summed E-state index contributed by atoms with van der Waals surface area (Å²) in [5.74, 6) is -0.786. The number of aliphatic carboxylic acids is 1. The van der Waals surface area contributed by atoms with E-state index in [1.165, 1.54) is 0 Å². The van der Waals surface area contributed by atoms with Crippen molar-refractivity contribution >= 4 is 11.6 Å². The molecule has 5 heteroatoms. The number of aryl methyl sites for hydroxylation is 3. The predicted octanol–water partition coefficient (Wildman–Crippen LogP) is 2.32. The Balaban J connectivity index is 2.44. The quantitative estimate of drug-likeness (QED) is 0.896. The van der Waals surface area contributed by atoms with Crippen LogP contribution in [0.1, 0.15) is 42.4 Å². The highest BCUT2D eigenvalue weighted by Crippen LogP contribution is 2.17. The summed E-state index contributed by atoms with van der Waals surface area (Å²) < 4.78 is 1.83. The van der Waals surface area contributed by atoms with Gasteiger partial charge in [0.25, 0.3) is 0 Å². The normalized spacial score (nSPS) is 11.1. The molecule has 102 valence electrons. The number of aromatic nitrogens is 3. The van der Waals surface area contributed by atoms with Gasteiger partial charge < -0.3 is 5.11 Å². The summed E-state index contributed by atoms with van der Waals surface area (Å²) in [5, 5.41) is 13.3. The first-order valence-corrected chi connectivity index (χ1v) is 6.59. The molecule has 0 amide bonds. The fraction of sp³-hybridized carbons (Fsp3) is 0.500. The van der Waals surface area contributed by atoms with Gasteiger partial charge in [0.05, 0.1) is 5.69 Å². The molecule has 0 atom stereocenters. The lowest BCUT2D eigenvalue weighted by molar-refractivity contribution is -0.136. The standard InChI is InChI=1S/C14H19N3O2/c1-4-5-11-8-13-15-9(2)12(6-7-14(18)19)10(3)17(13)16-11/h8H,4-7H2,1-3H3,(H,18,19). The number of fused-ring (bicyclic) bond motifs is 1. The molecule has 2 aromatic rings. The van der Waals surface area contributed by atoms with Crippen molar-refractivity contribution in [2.75, 3.05) is 0 Å². The number of rotatable bonds is 5. The molecule has 0 aliphatic heterocycles. The average molecular weight is 261 g/mol. The number of carbonyl (C=O) groups is 1. The van der Waals surface area contributed by atoms with E-state index in [1.807, 2.05) is 24.4 Å². The lowest BCUT2D eigenvalue weighted by Crippen LogP contribution is -2.07. The van der Waals surface area contributed by atoms with Crippen LogP contribution in [0.5, 0.6) is 0 Å². The van der Waals surface area contributed by atoms with Gasteiger partial charge in [-0.05, 0) is 32.3 Å². The third kappa shape index (κ3) is 2.75. The molecular weight excluding hydrogens is 242 g/mol. The molecule has 0 spiro atoms. The van der Waals surface area contributed by atoms with Crippen LogP contribution >= 0.6 is 0 Å². The maximum absolute atomic E-state index is 10.7. The van der Waals surface area contributed by atoms with E-state index in [9.17, 15) is 4.79 Å². The highest BCUT2D eigenvalue weighted by Gasteiger charge is 2.12. The fourth-order valence-electron chi connectivity index (χ4n) is 2.35. The molecule has 0 bridgehead atoms. The van der Waals surface area contributed by atoms with Crippen LogP contribution in [0.25, 0.3) is 5.65 Å². The lowest BCUT2D eigenvalue weighted by Gasteiger charge is -2.09. The second-order valence-corrected chi connectivity index (χ2v) is 4.81. The zero-order valence-corrected chi connectivity index (χ0v) is 11.6.